The van der Waals surface area contributed by atoms with Crippen LogP contribution in [0.3, 0.4) is 0 Å². The second kappa shape index (κ2) is 10.7. The van der Waals surface area contributed by atoms with Crippen molar-refractivity contribution in [2.45, 2.75) is 38.1 Å². The number of aliphatic hydroxyl groups excluding tert-OH is 2. The van der Waals surface area contributed by atoms with E-state index < -0.39 is 30.5 Å². The molecule has 2 amide bonds. The van der Waals surface area contributed by atoms with E-state index >= 15 is 0 Å². The lowest BCUT2D eigenvalue weighted by Crippen LogP contribution is -2.56. The summed E-state index contributed by atoms with van der Waals surface area (Å²) in [5, 5.41) is 21.1. The highest BCUT2D eigenvalue weighted by molar-refractivity contribution is 6.04. The molecule has 0 unspecified atom stereocenters. The Hall–Kier alpha value is -3.97. The fraction of sp³-hybridized carbons (Fsp3) is 0.385. The zero-order valence-corrected chi connectivity index (χ0v) is 21.0. The number of alkyl halides is 3. The molecule has 4 heterocycles. The van der Waals surface area contributed by atoms with Crippen molar-refractivity contribution in [1.82, 2.24) is 15.0 Å². The summed E-state index contributed by atoms with van der Waals surface area (Å²) in [5.41, 5.74) is 0.634. The summed E-state index contributed by atoms with van der Waals surface area (Å²) in [7, 11) is 0. The van der Waals surface area contributed by atoms with E-state index in [1.807, 2.05) is 0 Å². The zero-order chi connectivity index (χ0) is 27.7. The number of rotatable bonds is 6. The summed E-state index contributed by atoms with van der Waals surface area (Å²) in [5.74, 6) is 1.03. The highest BCUT2D eigenvalue weighted by atomic mass is 19.4. The van der Waals surface area contributed by atoms with E-state index in [1.165, 1.54) is 24.4 Å². The normalized spacial score (nSPS) is 17.4. The van der Waals surface area contributed by atoms with Crippen LogP contribution in [0, 0.1) is 6.92 Å². The van der Waals surface area contributed by atoms with Crippen LogP contribution in [0.1, 0.15) is 24.1 Å². The van der Waals surface area contributed by atoms with Crippen molar-refractivity contribution in [3.63, 3.8) is 0 Å². The Bertz CT molecular complexity index is 1350. The van der Waals surface area contributed by atoms with Gasteiger partial charge in [-0.15, -0.1) is 0 Å². The predicted octanol–water partition coefficient (Wildman–Crippen LogP) is 3.62. The number of pyridine rings is 1. The average molecular weight is 545 g/mol. The molecule has 2 aliphatic heterocycles. The molecule has 2 aliphatic rings. The van der Waals surface area contributed by atoms with Crippen molar-refractivity contribution in [2.24, 2.45) is 0 Å². The van der Waals surface area contributed by atoms with Crippen LogP contribution in [0.4, 0.5) is 35.3 Å². The number of ether oxygens (including phenoxy) is 1. The minimum atomic E-state index is -4.51. The number of carbonyl (C=O) groups is 1. The number of piperidine rings is 1. The number of nitrogens with one attached hydrogen (secondary N) is 1. The lowest BCUT2D eigenvalue weighted by atomic mass is 9.99. The van der Waals surface area contributed by atoms with Gasteiger partial charge in [-0.05, 0) is 44.0 Å². The Balaban J connectivity index is 1.45. The Morgan fingerprint density at radius 3 is 2.79 bits per heavy atom. The maximum atomic E-state index is 13.6. The Kier molecular flexibility index (Phi) is 7.28. The van der Waals surface area contributed by atoms with Gasteiger partial charge in [0, 0.05) is 18.7 Å². The van der Waals surface area contributed by atoms with Crippen molar-refractivity contribution in [2.75, 3.05) is 41.4 Å². The highest BCUT2D eigenvalue weighted by Crippen LogP contribution is 2.41. The van der Waals surface area contributed by atoms with E-state index in [4.69, 9.17) is 9.84 Å². The smallest absolute Gasteiger partial charge is 0.416 e. The quantitative estimate of drug-likeness (QED) is 0.430. The number of hydrogen-bond donors (Lipinski definition) is 3. The van der Waals surface area contributed by atoms with E-state index in [1.54, 1.807) is 17.9 Å². The van der Waals surface area contributed by atoms with Crippen LogP contribution >= 0.6 is 0 Å². The molecule has 1 fully saturated rings. The summed E-state index contributed by atoms with van der Waals surface area (Å²) < 4.78 is 45.4. The van der Waals surface area contributed by atoms with Gasteiger partial charge < -0.3 is 19.8 Å². The van der Waals surface area contributed by atoms with E-state index in [-0.39, 0.29) is 29.9 Å². The molecular weight excluding hydrogens is 517 g/mol. The molecule has 2 atom stereocenters. The van der Waals surface area contributed by atoms with Crippen molar-refractivity contribution in [3.8, 4) is 17.1 Å². The molecule has 39 heavy (non-hydrogen) atoms. The molecule has 0 saturated carbocycles. The van der Waals surface area contributed by atoms with Gasteiger partial charge in [-0.2, -0.15) is 13.2 Å². The van der Waals surface area contributed by atoms with Crippen molar-refractivity contribution in [3.05, 3.63) is 53.9 Å². The standard InChI is InChI=1S/C26H27F3N6O4/c1-15-22-24(33-23(31-15)16-4-2-5-17(10-16)26(27,28)29)35(18-6-3-9-34(22)12-18)25(38)32-21-8-7-20(11-30-21)39-14-19(37)13-36/h2,4-5,7-8,10-11,18-19,36-37H,3,6,9,12-14H2,1H3,(H,30,32,38)/t18-,19+/m0/s1. The molecular formula is C26H27F3N6O4. The minimum absolute atomic E-state index is 0.0982. The minimum Gasteiger partial charge on any atom is -0.489 e. The Labute approximate surface area is 222 Å². The number of nitrogens with zero attached hydrogens (tertiary/aromatic N) is 5. The first-order valence-electron chi connectivity index (χ1n) is 12.4. The van der Waals surface area contributed by atoms with Gasteiger partial charge in [0.2, 0.25) is 0 Å². The summed E-state index contributed by atoms with van der Waals surface area (Å²) in [6.07, 6.45) is -2.57. The summed E-state index contributed by atoms with van der Waals surface area (Å²) in [6, 6.07) is 7.24. The number of benzene rings is 1. The van der Waals surface area contributed by atoms with Crippen LogP contribution in [0.25, 0.3) is 11.4 Å². The fourth-order valence-corrected chi connectivity index (χ4v) is 4.81. The molecule has 13 heteroatoms. The second-order valence-electron chi connectivity index (χ2n) is 9.45. The van der Waals surface area contributed by atoms with Gasteiger partial charge in [0.05, 0.1) is 30.1 Å². The van der Waals surface area contributed by atoms with Gasteiger partial charge in [-0.1, -0.05) is 12.1 Å². The third-order valence-corrected chi connectivity index (χ3v) is 6.64. The molecule has 0 spiro atoms. The van der Waals surface area contributed by atoms with Crippen molar-refractivity contribution >= 4 is 23.4 Å². The highest BCUT2D eigenvalue weighted by Gasteiger charge is 2.40. The Morgan fingerprint density at radius 2 is 2.08 bits per heavy atom. The van der Waals surface area contributed by atoms with Crippen LogP contribution in [0.15, 0.2) is 42.6 Å². The summed E-state index contributed by atoms with van der Waals surface area (Å²) in [4.78, 5) is 30.5. The molecule has 2 aromatic heterocycles. The predicted molar refractivity (Wildman–Crippen MR) is 137 cm³/mol. The van der Waals surface area contributed by atoms with Gasteiger partial charge in [0.25, 0.3) is 0 Å². The van der Waals surface area contributed by atoms with Crippen molar-refractivity contribution in [1.29, 1.82) is 0 Å². The van der Waals surface area contributed by atoms with E-state index in [2.05, 4.69) is 25.2 Å². The average Bonchev–Trinajstić information content (AvgIpc) is 2.92. The molecule has 0 radical (unpaired) electrons. The van der Waals surface area contributed by atoms with E-state index in [0.29, 0.717) is 29.5 Å². The van der Waals surface area contributed by atoms with Gasteiger partial charge in [-0.3, -0.25) is 10.2 Å². The third kappa shape index (κ3) is 5.59. The van der Waals surface area contributed by atoms with E-state index in [0.717, 1.165) is 31.5 Å². The fourth-order valence-electron chi connectivity index (χ4n) is 4.81. The summed E-state index contributed by atoms with van der Waals surface area (Å²) in [6.45, 7) is 2.56. The second-order valence-corrected chi connectivity index (χ2v) is 9.45. The van der Waals surface area contributed by atoms with Crippen LogP contribution in [-0.4, -0.2) is 69.6 Å². The van der Waals surface area contributed by atoms with E-state index in [9.17, 15) is 23.1 Å². The Morgan fingerprint density at radius 1 is 1.26 bits per heavy atom. The van der Waals surface area contributed by atoms with Crippen LogP contribution in [0.2, 0.25) is 0 Å². The van der Waals surface area contributed by atoms with Gasteiger partial charge in [0.1, 0.15) is 30.0 Å². The maximum absolute atomic E-state index is 13.6. The molecule has 2 bridgehead atoms. The SMILES string of the molecule is Cc1nc(-c2cccc(C(F)(F)F)c2)nc2c1N1CCC[C@@H](C1)N2C(=O)Nc1ccc(OC[C@H](O)CO)cn1. The third-order valence-electron chi connectivity index (χ3n) is 6.64. The maximum Gasteiger partial charge on any atom is 0.416 e. The number of aromatic nitrogens is 3. The molecule has 1 aromatic carbocycles. The topological polar surface area (TPSA) is 124 Å². The number of aryl methyl sites for hydroxylation is 1. The largest absolute Gasteiger partial charge is 0.489 e. The number of fused-ring (bicyclic) bond motifs is 4. The molecule has 1 saturated heterocycles. The zero-order valence-electron chi connectivity index (χ0n) is 21.0. The first-order chi connectivity index (χ1) is 18.6. The molecule has 3 N–H and O–H groups in total. The number of aliphatic hydroxyl groups is 2. The van der Waals surface area contributed by atoms with Crippen LogP contribution in [0.5, 0.6) is 5.75 Å². The monoisotopic (exact) mass is 544 g/mol. The first-order valence-corrected chi connectivity index (χ1v) is 12.4. The van der Waals surface area contributed by atoms with Crippen molar-refractivity contribution < 1.29 is 32.9 Å². The lowest BCUT2D eigenvalue weighted by molar-refractivity contribution is -0.137. The van der Waals surface area contributed by atoms with Gasteiger partial charge in [-0.25, -0.2) is 19.7 Å². The first kappa shape index (κ1) is 26.6. The number of anilines is 3. The van der Waals surface area contributed by atoms with Crippen LogP contribution in [-0.2, 0) is 6.18 Å². The number of carbonyl (C=O) groups excluding carboxylic acids is 1. The molecule has 5 rings (SSSR count). The van der Waals surface area contributed by atoms with Gasteiger partial charge in [0.15, 0.2) is 11.6 Å². The number of urea groups is 1. The molecule has 0 aliphatic carbocycles. The number of halogens is 3. The number of amides is 2. The lowest BCUT2D eigenvalue weighted by Gasteiger charge is -2.46. The van der Waals surface area contributed by atoms with Gasteiger partial charge >= 0.3 is 12.2 Å². The van der Waals surface area contributed by atoms with Crippen LogP contribution < -0.4 is 19.9 Å². The number of hydrogen-bond acceptors (Lipinski definition) is 8. The molecule has 3 aromatic rings. The molecule has 10 nitrogen and oxygen atoms in total. The molecule has 206 valence electrons. The summed E-state index contributed by atoms with van der Waals surface area (Å²) >= 11 is 0.